The third kappa shape index (κ3) is 4.99. The van der Waals surface area contributed by atoms with Crippen molar-refractivity contribution in [2.24, 2.45) is 11.8 Å². The zero-order valence-electron chi connectivity index (χ0n) is 14.0. The van der Waals surface area contributed by atoms with Crippen molar-refractivity contribution in [3.05, 3.63) is 58.6 Å². The van der Waals surface area contributed by atoms with E-state index in [2.05, 4.69) is 0 Å². The molecule has 0 amide bonds. The van der Waals surface area contributed by atoms with Crippen LogP contribution >= 0.6 is 23.2 Å². The molecule has 0 aromatic heterocycles. The second-order valence-corrected chi connectivity index (χ2v) is 7.17. The maximum atomic E-state index is 12.3. The molecule has 1 fully saturated rings. The van der Waals surface area contributed by atoms with Crippen LogP contribution in [0.5, 0.6) is 11.5 Å². The fraction of sp³-hybridized carbons (Fsp3) is 0.300. The number of hydrogen-bond acceptors (Lipinski definition) is 4. The molecule has 1 aliphatic carbocycles. The van der Waals surface area contributed by atoms with Crippen molar-refractivity contribution < 1.29 is 19.1 Å². The van der Waals surface area contributed by atoms with Crippen LogP contribution in [0, 0.1) is 11.8 Å². The van der Waals surface area contributed by atoms with Gasteiger partial charge in [0.1, 0.15) is 11.5 Å². The van der Waals surface area contributed by atoms with Gasteiger partial charge in [0.05, 0.1) is 11.8 Å². The van der Waals surface area contributed by atoms with Crippen molar-refractivity contribution in [1.82, 2.24) is 0 Å². The first-order chi connectivity index (χ1) is 12.5. The molecule has 0 saturated heterocycles. The van der Waals surface area contributed by atoms with Crippen LogP contribution in [0.2, 0.25) is 10.0 Å². The molecule has 1 aliphatic rings. The number of esters is 2. The second kappa shape index (κ2) is 8.56. The molecule has 0 radical (unpaired) electrons. The average molecular weight is 393 g/mol. The van der Waals surface area contributed by atoms with Crippen LogP contribution in [0.3, 0.4) is 0 Å². The molecule has 0 bridgehead atoms. The number of rotatable bonds is 4. The van der Waals surface area contributed by atoms with Gasteiger partial charge >= 0.3 is 11.9 Å². The van der Waals surface area contributed by atoms with Crippen LogP contribution in [0.1, 0.15) is 25.7 Å². The smallest absolute Gasteiger partial charge is 0.314 e. The summed E-state index contributed by atoms with van der Waals surface area (Å²) >= 11 is 11.6. The standard InChI is InChI=1S/C20H18Cl2O4/c21-15-5-9-17(10-6-15)25-19(23)13-1-2-14(4-3-13)20(24)26-18-11-7-16(22)8-12-18/h5-14H,1-4H2. The highest BCUT2D eigenvalue weighted by Gasteiger charge is 2.32. The Balaban J connectivity index is 1.48. The molecular formula is C20H18Cl2O4. The van der Waals surface area contributed by atoms with Gasteiger partial charge in [-0.2, -0.15) is 0 Å². The van der Waals surface area contributed by atoms with Gasteiger partial charge in [0.25, 0.3) is 0 Å². The minimum Gasteiger partial charge on any atom is -0.426 e. The number of hydrogen-bond donors (Lipinski definition) is 0. The van der Waals surface area contributed by atoms with E-state index in [0.717, 1.165) is 0 Å². The lowest BCUT2D eigenvalue weighted by Gasteiger charge is -2.25. The van der Waals surface area contributed by atoms with Crippen LogP contribution in [0.4, 0.5) is 0 Å². The maximum absolute atomic E-state index is 12.3. The highest BCUT2D eigenvalue weighted by molar-refractivity contribution is 6.30. The summed E-state index contributed by atoms with van der Waals surface area (Å²) in [5.41, 5.74) is 0. The van der Waals surface area contributed by atoms with Gasteiger partial charge in [0.2, 0.25) is 0 Å². The highest BCUT2D eigenvalue weighted by Crippen LogP contribution is 2.31. The van der Waals surface area contributed by atoms with Gasteiger partial charge in [0, 0.05) is 10.0 Å². The van der Waals surface area contributed by atoms with Crippen LogP contribution in [0.25, 0.3) is 0 Å². The maximum Gasteiger partial charge on any atom is 0.314 e. The zero-order chi connectivity index (χ0) is 18.5. The van der Waals surface area contributed by atoms with Crippen molar-refractivity contribution in [2.75, 3.05) is 0 Å². The van der Waals surface area contributed by atoms with Crippen molar-refractivity contribution >= 4 is 35.1 Å². The molecule has 4 nitrogen and oxygen atoms in total. The van der Waals surface area contributed by atoms with Gasteiger partial charge in [-0.05, 0) is 74.2 Å². The van der Waals surface area contributed by atoms with Crippen LogP contribution in [0.15, 0.2) is 48.5 Å². The van der Waals surface area contributed by atoms with E-state index in [0.29, 0.717) is 47.2 Å². The minimum atomic E-state index is -0.267. The van der Waals surface area contributed by atoms with Gasteiger partial charge < -0.3 is 9.47 Å². The molecule has 6 heteroatoms. The molecule has 0 atom stereocenters. The Kier molecular flexibility index (Phi) is 6.17. The van der Waals surface area contributed by atoms with Crippen molar-refractivity contribution in [3.8, 4) is 11.5 Å². The van der Waals surface area contributed by atoms with E-state index in [9.17, 15) is 9.59 Å². The number of ether oxygens (including phenoxy) is 2. The van der Waals surface area contributed by atoms with E-state index in [1.807, 2.05) is 0 Å². The second-order valence-electron chi connectivity index (χ2n) is 6.30. The van der Waals surface area contributed by atoms with Gasteiger partial charge in [0.15, 0.2) is 0 Å². The van der Waals surface area contributed by atoms with E-state index in [4.69, 9.17) is 32.7 Å². The molecule has 26 heavy (non-hydrogen) atoms. The number of halogens is 2. The number of carbonyl (C=O) groups excluding carboxylic acids is 2. The third-order valence-corrected chi connectivity index (χ3v) is 4.96. The van der Waals surface area contributed by atoms with Crippen molar-refractivity contribution in [2.45, 2.75) is 25.7 Å². The summed E-state index contributed by atoms with van der Waals surface area (Å²) in [4.78, 5) is 24.5. The van der Waals surface area contributed by atoms with Crippen LogP contribution in [-0.4, -0.2) is 11.9 Å². The Morgan fingerprint density at radius 1 is 0.654 bits per heavy atom. The largest absolute Gasteiger partial charge is 0.426 e. The third-order valence-electron chi connectivity index (χ3n) is 4.46. The van der Waals surface area contributed by atoms with Gasteiger partial charge in [-0.3, -0.25) is 9.59 Å². The first-order valence-electron chi connectivity index (χ1n) is 8.46. The summed E-state index contributed by atoms with van der Waals surface area (Å²) in [6.07, 6.45) is 2.42. The van der Waals surface area contributed by atoms with E-state index >= 15 is 0 Å². The normalized spacial score (nSPS) is 19.6. The quantitative estimate of drug-likeness (QED) is 0.522. The van der Waals surface area contributed by atoms with Crippen LogP contribution < -0.4 is 9.47 Å². The molecule has 0 spiro atoms. The Morgan fingerprint density at radius 2 is 0.962 bits per heavy atom. The minimum absolute atomic E-state index is 0.203. The Hall–Kier alpha value is -2.04. The molecule has 0 aliphatic heterocycles. The summed E-state index contributed by atoms with van der Waals surface area (Å²) < 4.78 is 10.8. The van der Waals surface area contributed by atoms with Crippen LogP contribution in [-0.2, 0) is 9.59 Å². The molecule has 1 saturated carbocycles. The lowest BCUT2D eigenvalue weighted by atomic mass is 9.82. The Bertz CT molecular complexity index is 696. The molecule has 136 valence electrons. The van der Waals surface area contributed by atoms with E-state index in [1.165, 1.54) is 0 Å². The lowest BCUT2D eigenvalue weighted by Crippen LogP contribution is -2.30. The molecule has 0 heterocycles. The van der Waals surface area contributed by atoms with E-state index < -0.39 is 0 Å². The molecule has 0 unspecified atom stereocenters. The first-order valence-corrected chi connectivity index (χ1v) is 9.21. The number of benzene rings is 2. The summed E-state index contributed by atoms with van der Waals surface area (Å²) in [6, 6.07) is 13.3. The van der Waals surface area contributed by atoms with Gasteiger partial charge in [-0.1, -0.05) is 23.2 Å². The average Bonchev–Trinajstić information content (AvgIpc) is 2.65. The summed E-state index contributed by atoms with van der Waals surface area (Å²) in [5.74, 6) is 0.0107. The molecule has 2 aromatic rings. The van der Waals surface area contributed by atoms with Gasteiger partial charge in [-0.25, -0.2) is 0 Å². The Labute approximate surface area is 162 Å². The predicted molar refractivity (Wildman–Crippen MR) is 99.6 cm³/mol. The topological polar surface area (TPSA) is 52.6 Å². The molecular weight excluding hydrogens is 375 g/mol. The SMILES string of the molecule is O=C(Oc1ccc(Cl)cc1)C1CCC(C(=O)Oc2ccc(Cl)cc2)CC1. The highest BCUT2D eigenvalue weighted by atomic mass is 35.5. The predicted octanol–water partition coefficient (Wildman–Crippen LogP) is 5.31. The summed E-state index contributed by atoms with van der Waals surface area (Å²) in [6.45, 7) is 0. The zero-order valence-corrected chi connectivity index (χ0v) is 15.5. The molecule has 2 aromatic carbocycles. The van der Waals surface area contributed by atoms with Gasteiger partial charge in [-0.15, -0.1) is 0 Å². The Morgan fingerprint density at radius 3 is 1.27 bits per heavy atom. The van der Waals surface area contributed by atoms with E-state index in [1.54, 1.807) is 48.5 Å². The molecule has 3 rings (SSSR count). The first kappa shape index (κ1) is 18.7. The summed E-state index contributed by atoms with van der Waals surface area (Å²) in [5, 5.41) is 1.18. The molecule has 0 N–H and O–H groups in total. The number of carbonyl (C=O) groups is 2. The fourth-order valence-corrected chi connectivity index (χ4v) is 3.22. The summed E-state index contributed by atoms with van der Waals surface area (Å²) in [7, 11) is 0. The monoisotopic (exact) mass is 392 g/mol. The van der Waals surface area contributed by atoms with E-state index in [-0.39, 0.29) is 23.8 Å². The van der Waals surface area contributed by atoms with Crippen molar-refractivity contribution in [1.29, 1.82) is 0 Å². The van der Waals surface area contributed by atoms with Crippen molar-refractivity contribution in [3.63, 3.8) is 0 Å². The lowest BCUT2D eigenvalue weighted by molar-refractivity contribution is -0.145. The fourth-order valence-electron chi connectivity index (χ4n) is 2.97.